The van der Waals surface area contributed by atoms with Crippen LogP contribution in [-0.4, -0.2) is 83.9 Å². The molecule has 0 saturated carbocycles. The maximum Gasteiger partial charge on any atom is 0.227 e. The van der Waals surface area contributed by atoms with Crippen molar-refractivity contribution < 1.29 is 22.3 Å². The van der Waals surface area contributed by atoms with Crippen LogP contribution in [-0.2, 0) is 27.7 Å². The van der Waals surface area contributed by atoms with Gasteiger partial charge in [-0.25, -0.2) is 12.8 Å². The van der Waals surface area contributed by atoms with Crippen LogP contribution in [0.25, 0.3) is 0 Å². The zero-order valence-electron chi connectivity index (χ0n) is 20.2. The first-order chi connectivity index (χ1) is 17.2. The molecular formula is C24H29FN6O4S. The summed E-state index contributed by atoms with van der Waals surface area (Å²) in [6, 6.07) is 13.4. The van der Waals surface area contributed by atoms with Gasteiger partial charge in [-0.2, -0.15) is 5.21 Å². The molecule has 1 fully saturated rings. The van der Waals surface area contributed by atoms with E-state index >= 15 is 0 Å². The molecule has 0 aliphatic carbocycles. The number of aromatic nitrogens is 4. The van der Waals surface area contributed by atoms with Crippen molar-refractivity contribution in [2.24, 2.45) is 0 Å². The molecule has 3 aromatic rings. The number of tetrazole rings is 1. The number of carbonyl (C=O) groups is 1. The summed E-state index contributed by atoms with van der Waals surface area (Å²) >= 11 is 0. The molecule has 0 bridgehead atoms. The summed E-state index contributed by atoms with van der Waals surface area (Å²) in [6.07, 6.45) is 0.859. The van der Waals surface area contributed by atoms with Crippen LogP contribution >= 0.6 is 0 Å². The summed E-state index contributed by atoms with van der Waals surface area (Å²) in [5.74, 6) is 0.864. The highest BCUT2D eigenvalue weighted by Gasteiger charge is 2.29. The van der Waals surface area contributed by atoms with Gasteiger partial charge in [-0.15, -0.1) is 10.2 Å². The van der Waals surface area contributed by atoms with Crippen molar-refractivity contribution in [2.45, 2.75) is 36.6 Å². The predicted octanol–water partition coefficient (Wildman–Crippen LogP) is 1.97. The molecule has 2 heterocycles. The second-order valence-corrected chi connectivity index (χ2v) is 11.0. The SMILES string of the molecule is CN(C(=O)Cc1ccc(S(C)(=O)=O)cc1)C(CN1CCC(F)C1)c1cccc(OCc2nn[nH]n2)c1. The fourth-order valence-electron chi connectivity index (χ4n) is 4.18. The second-order valence-electron chi connectivity index (χ2n) is 8.95. The van der Waals surface area contributed by atoms with Crippen LogP contribution in [0.1, 0.15) is 29.4 Å². The van der Waals surface area contributed by atoms with E-state index in [1.807, 2.05) is 23.1 Å². The summed E-state index contributed by atoms with van der Waals surface area (Å²) < 4.78 is 43.1. The van der Waals surface area contributed by atoms with Crippen molar-refractivity contribution in [2.75, 3.05) is 32.9 Å². The van der Waals surface area contributed by atoms with Crippen molar-refractivity contribution >= 4 is 15.7 Å². The third-order valence-corrected chi connectivity index (χ3v) is 7.34. The number of nitrogens with one attached hydrogen (secondary N) is 1. The average Bonchev–Trinajstić information content (AvgIpc) is 3.52. The number of amides is 1. The van der Waals surface area contributed by atoms with Crippen LogP contribution in [0.2, 0.25) is 0 Å². The number of likely N-dealkylation sites (tertiary alicyclic amines) is 1. The zero-order chi connectivity index (χ0) is 25.7. The number of ether oxygens (including phenoxy) is 1. The van der Waals surface area contributed by atoms with Crippen molar-refractivity contribution in [3.05, 3.63) is 65.5 Å². The highest BCUT2D eigenvalue weighted by Crippen LogP contribution is 2.27. The number of sulfone groups is 1. The normalized spacial score (nSPS) is 17.1. The fraction of sp³-hybridized carbons (Fsp3) is 0.417. The number of alkyl halides is 1. The summed E-state index contributed by atoms with van der Waals surface area (Å²) in [7, 11) is -1.58. The molecule has 0 radical (unpaired) electrons. The monoisotopic (exact) mass is 516 g/mol. The summed E-state index contributed by atoms with van der Waals surface area (Å²) in [4.78, 5) is 17.2. The van der Waals surface area contributed by atoms with Gasteiger partial charge in [-0.05, 0) is 41.8 Å². The summed E-state index contributed by atoms with van der Waals surface area (Å²) in [6.45, 7) is 1.57. The molecule has 10 nitrogen and oxygen atoms in total. The maximum atomic E-state index is 13.9. The average molecular weight is 517 g/mol. The second kappa shape index (κ2) is 11.1. The number of aromatic amines is 1. The van der Waals surface area contributed by atoms with Gasteiger partial charge in [0.15, 0.2) is 16.4 Å². The van der Waals surface area contributed by atoms with Crippen molar-refractivity contribution in [1.29, 1.82) is 0 Å². The van der Waals surface area contributed by atoms with Gasteiger partial charge in [-0.1, -0.05) is 29.5 Å². The first kappa shape index (κ1) is 25.7. The van der Waals surface area contributed by atoms with Gasteiger partial charge in [0.25, 0.3) is 0 Å². The van der Waals surface area contributed by atoms with Gasteiger partial charge in [0.2, 0.25) is 11.7 Å². The molecule has 4 rings (SSSR count). The smallest absolute Gasteiger partial charge is 0.227 e. The number of carbonyl (C=O) groups excluding carboxylic acids is 1. The Labute approximate surface area is 209 Å². The minimum Gasteiger partial charge on any atom is -0.485 e. The minimum atomic E-state index is -3.31. The van der Waals surface area contributed by atoms with Crippen LogP contribution in [0.5, 0.6) is 5.75 Å². The van der Waals surface area contributed by atoms with E-state index in [0.29, 0.717) is 43.2 Å². The number of rotatable bonds is 10. The Morgan fingerprint density at radius 3 is 2.69 bits per heavy atom. The molecule has 2 unspecified atom stereocenters. The van der Waals surface area contributed by atoms with Crippen LogP contribution < -0.4 is 4.74 Å². The molecule has 192 valence electrons. The first-order valence-corrected chi connectivity index (χ1v) is 13.4. The van der Waals surface area contributed by atoms with E-state index in [-0.39, 0.29) is 29.9 Å². The summed E-state index contributed by atoms with van der Waals surface area (Å²) in [5, 5.41) is 13.6. The van der Waals surface area contributed by atoms with Crippen LogP contribution in [0.4, 0.5) is 4.39 Å². The quantitative estimate of drug-likeness (QED) is 0.434. The summed E-state index contributed by atoms with van der Waals surface area (Å²) in [5.41, 5.74) is 1.56. The highest BCUT2D eigenvalue weighted by atomic mass is 32.2. The molecular weight excluding hydrogens is 487 g/mol. The molecule has 12 heteroatoms. The van der Waals surface area contributed by atoms with Gasteiger partial charge in [-0.3, -0.25) is 9.69 Å². The number of benzene rings is 2. The molecule has 0 spiro atoms. The van der Waals surface area contributed by atoms with Crippen molar-refractivity contribution in [3.63, 3.8) is 0 Å². The van der Waals surface area contributed by atoms with Crippen LogP contribution in [0.3, 0.4) is 0 Å². The standard InChI is InChI=1S/C24H29FN6O4S/c1-30(24(32)12-17-6-8-21(9-7-17)36(2,33)34)22(15-31-11-10-19(25)14-31)18-4-3-5-20(13-18)35-16-23-26-28-29-27-23/h3-9,13,19,22H,10-12,14-16H2,1-2H3,(H,26,27,28,29). The van der Waals surface area contributed by atoms with E-state index in [1.165, 1.54) is 12.1 Å². The Hall–Kier alpha value is -3.38. The largest absolute Gasteiger partial charge is 0.485 e. The number of hydrogen-bond donors (Lipinski definition) is 1. The lowest BCUT2D eigenvalue weighted by Gasteiger charge is -2.32. The maximum absolute atomic E-state index is 13.9. The molecule has 1 N–H and O–H groups in total. The molecule has 2 aromatic carbocycles. The number of nitrogens with zero attached hydrogens (tertiary/aromatic N) is 5. The number of hydrogen-bond acceptors (Lipinski definition) is 8. The number of halogens is 1. The van der Waals surface area contributed by atoms with Crippen molar-refractivity contribution in [1.82, 2.24) is 30.4 Å². The van der Waals surface area contributed by atoms with Gasteiger partial charge in [0.1, 0.15) is 11.9 Å². The van der Waals surface area contributed by atoms with Gasteiger partial charge in [0, 0.05) is 32.9 Å². The molecule has 1 saturated heterocycles. The fourth-order valence-corrected chi connectivity index (χ4v) is 4.81. The molecule has 2 atom stereocenters. The highest BCUT2D eigenvalue weighted by molar-refractivity contribution is 7.90. The molecule has 1 aliphatic rings. The predicted molar refractivity (Wildman–Crippen MR) is 130 cm³/mol. The minimum absolute atomic E-state index is 0.108. The Balaban J connectivity index is 1.51. The number of likely N-dealkylation sites (N-methyl/N-ethyl adjacent to an activating group) is 1. The van der Waals surface area contributed by atoms with E-state index in [4.69, 9.17) is 4.74 Å². The molecule has 36 heavy (non-hydrogen) atoms. The van der Waals surface area contributed by atoms with E-state index in [1.54, 1.807) is 30.1 Å². The Morgan fingerprint density at radius 1 is 1.28 bits per heavy atom. The van der Waals surface area contributed by atoms with Gasteiger partial charge < -0.3 is 9.64 Å². The molecule has 1 amide bonds. The lowest BCUT2D eigenvalue weighted by atomic mass is 10.0. The Morgan fingerprint density at radius 2 is 2.06 bits per heavy atom. The Bertz CT molecular complexity index is 1270. The van der Waals surface area contributed by atoms with Crippen LogP contribution in [0, 0.1) is 0 Å². The van der Waals surface area contributed by atoms with E-state index in [0.717, 1.165) is 11.8 Å². The number of H-pyrrole nitrogens is 1. The topological polar surface area (TPSA) is 121 Å². The van der Waals surface area contributed by atoms with E-state index in [2.05, 4.69) is 20.6 Å². The third-order valence-electron chi connectivity index (χ3n) is 6.21. The van der Waals surface area contributed by atoms with Gasteiger partial charge >= 0.3 is 0 Å². The third kappa shape index (κ3) is 6.64. The zero-order valence-corrected chi connectivity index (χ0v) is 21.0. The van der Waals surface area contributed by atoms with Gasteiger partial charge in [0.05, 0.1) is 17.4 Å². The lowest BCUT2D eigenvalue weighted by Crippen LogP contribution is -2.39. The molecule has 1 aliphatic heterocycles. The van der Waals surface area contributed by atoms with E-state index < -0.39 is 16.0 Å². The Kier molecular flexibility index (Phi) is 7.94. The van der Waals surface area contributed by atoms with Crippen molar-refractivity contribution in [3.8, 4) is 5.75 Å². The molecule has 1 aromatic heterocycles. The van der Waals surface area contributed by atoms with Crippen LogP contribution in [0.15, 0.2) is 53.4 Å². The van der Waals surface area contributed by atoms with E-state index in [9.17, 15) is 17.6 Å². The lowest BCUT2D eigenvalue weighted by molar-refractivity contribution is -0.131. The first-order valence-electron chi connectivity index (χ1n) is 11.5.